The minimum absolute atomic E-state index is 0.0520. The topological polar surface area (TPSA) is 204 Å². The second-order valence-electron chi connectivity index (χ2n) is 24.5. The van der Waals surface area contributed by atoms with Crippen molar-refractivity contribution >= 4 is 41.0 Å². The largest absolute Gasteiger partial charge is 0.482 e. The van der Waals surface area contributed by atoms with Gasteiger partial charge in [-0.15, -0.1) is 0 Å². The van der Waals surface area contributed by atoms with Crippen LogP contribution in [-0.4, -0.2) is 112 Å². The van der Waals surface area contributed by atoms with Crippen molar-refractivity contribution in [3.8, 4) is 23.0 Å². The lowest BCUT2D eigenvalue weighted by Gasteiger charge is -2.62. The van der Waals surface area contributed by atoms with E-state index in [1.165, 1.54) is 24.8 Å². The quantitative estimate of drug-likeness (QED) is 0.0751. The molecule has 80 heavy (non-hydrogen) atoms. The molecule has 4 aliphatic carbocycles. The van der Waals surface area contributed by atoms with Gasteiger partial charge < -0.3 is 52.8 Å². The highest BCUT2D eigenvalue weighted by Crippen LogP contribution is 2.75. The SMILES string of the molecule is COC(=O)C(C)=CCC12OC(C)(C)[C@H]3C[C@H](C1=O)C1C4=C(N=C5c6ccccc6C(=O)C51)c1c(OC(=O)c5ccc(O[C@@H]6O[C@@H]7COC(C)(C)O[C@H]7[C@H](O)[C@H]6O)cc5)c5c(c(CC=C(C)C)c1OC432)OC(C)(CCC=C(C)C)C=C5. The maximum absolute atomic E-state index is 16.0. The van der Waals surface area contributed by atoms with E-state index in [4.69, 9.17) is 47.6 Å². The van der Waals surface area contributed by atoms with E-state index in [0.29, 0.717) is 75.6 Å². The zero-order valence-corrected chi connectivity index (χ0v) is 47.1. The van der Waals surface area contributed by atoms with Crippen molar-refractivity contribution in [2.75, 3.05) is 13.7 Å². The van der Waals surface area contributed by atoms with Gasteiger partial charge in [0.1, 0.15) is 47.3 Å². The number of aliphatic hydroxyl groups is 2. The standard InChI is InChI=1S/C64H69NO15/c1-31(2)15-14-26-62(10)27-25-39-52(78-62)38(23-18-32(3)4)54-45(53(39)76-58(71)34-19-21-35(22-20-34)74-59-51(68)50(67)55-41(75-59)30-73-61(8,9)77-55)48-46-43(44-47(65-48)36-16-12-13-17-37(36)49(44)66)40-29-42-60(6,7)80-63(56(40)69,64(42,46)79-54)28-24-33(5)57(70)72-11/h12-13,15-22,24-25,27,40-44,50-51,55,59,67-68H,14,23,26,28-30H2,1-11H3/t40-,41+,42+,43?,44?,50+,51+,55+,59+,62?,63?,64?/m0/s1. The highest BCUT2D eigenvalue weighted by atomic mass is 16.8. The lowest BCUT2D eigenvalue weighted by molar-refractivity contribution is -0.373. The summed E-state index contributed by atoms with van der Waals surface area (Å²) in [7, 11) is 1.31. The molecule has 6 aliphatic heterocycles. The number of ether oxygens (including phenoxy) is 9. The molecule has 3 aromatic rings. The number of carbonyl (C=O) groups is 4. The van der Waals surface area contributed by atoms with Crippen LogP contribution in [0.25, 0.3) is 11.8 Å². The summed E-state index contributed by atoms with van der Waals surface area (Å²) in [6.45, 7) is 19.3. The molecule has 5 unspecified atom stereocenters. The van der Waals surface area contributed by atoms with Crippen molar-refractivity contribution in [1.82, 2.24) is 0 Å². The lowest BCUT2D eigenvalue weighted by atomic mass is 9.43. The number of fused-ring (bicyclic) bond motifs is 7. The molecular weight excluding hydrogens is 1020 g/mol. The van der Waals surface area contributed by atoms with Crippen LogP contribution in [0.5, 0.6) is 23.0 Å². The van der Waals surface area contributed by atoms with Crippen molar-refractivity contribution in [3.05, 3.63) is 129 Å². The third-order valence-electron chi connectivity index (χ3n) is 17.9. The molecule has 13 rings (SSSR count). The number of nitrogens with zero attached hydrogens (tertiary/aromatic N) is 1. The summed E-state index contributed by atoms with van der Waals surface area (Å²) in [5.74, 6) is -4.28. The van der Waals surface area contributed by atoms with Crippen molar-refractivity contribution in [2.24, 2.45) is 28.7 Å². The molecule has 6 heterocycles. The van der Waals surface area contributed by atoms with Crippen LogP contribution < -0.4 is 18.9 Å². The predicted octanol–water partition coefficient (Wildman–Crippen LogP) is 9.35. The summed E-state index contributed by atoms with van der Waals surface area (Å²) >= 11 is 0. The van der Waals surface area contributed by atoms with Crippen LogP contribution in [0.2, 0.25) is 0 Å². The van der Waals surface area contributed by atoms with Crippen LogP contribution in [0.15, 0.2) is 100 Å². The summed E-state index contributed by atoms with van der Waals surface area (Å²) < 4.78 is 58.2. The first-order chi connectivity index (χ1) is 37.9. The predicted molar refractivity (Wildman–Crippen MR) is 293 cm³/mol. The molecule has 0 amide bonds. The van der Waals surface area contributed by atoms with Gasteiger partial charge in [0.25, 0.3) is 0 Å². The Morgan fingerprint density at radius 3 is 2.31 bits per heavy atom. The van der Waals surface area contributed by atoms with Gasteiger partial charge in [-0.05, 0) is 131 Å². The number of carbonyl (C=O) groups excluding carboxylic acids is 4. The van der Waals surface area contributed by atoms with Crippen molar-refractivity contribution in [1.29, 1.82) is 0 Å². The highest BCUT2D eigenvalue weighted by Gasteiger charge is 2.84. The van der Waals surface area contributed by atoms with E-state index >= 15 is 14.4 Å². The molecule has 420 valence electrons. The molecule has 4 bridgehead atoms. The van der Waals surface area contributed by atoms with Gasteiger partial charge in [-0.1, -0.05) is 53.6 Å². The van der Waals surface area contributed by atoms with Crippen LogP contribution in [0.4, 0.5) is 0 Å². The number of ketones is 2. The van der Waals surface area contributed by atoms with Gasteiger partial charge in [-0.3, -0.25) is 14.6 Å². The van der Waals surface area contributed by atoms with E-state index in [9.17, 15) is 15.0 Å². The fourth-order valence-electron chi connectivity index (χ4n) is 14.2. The van der Waals surface area contributed by atoms with E-state index < -0.39 is 94.5 Å². The van der Waals surface area contributed by atoms with Crippen LogP contribution >= 0.6 is 0 Å². The fourth-order valence-corrected chi connectivity index (χ4v) is 14.2. The fraction of sp³-hybridized carbons (Fsp3) is 0.484. The molecule has 16 nitrogen and oxygen atoms in total. The number of hydrogen-bond acceptors (Lipinski definition) is 16. The summed E-state index contributed by atoms with van der Waals surface area (Å²) in [4.78, 5) is 64.9. The van der Waals surface area contributed by atoms with E-state index in [0.717, 1.165) is 12.0 Å². The summed E-state index contributed by atoms with van der Waals surface area (Å²) in [5, 5.41) is 22.2. The van der Waals surface area contributed by atoms with E-state index in [-0.39, 0.29) is 47.2 Å². The number of aliphatic hydroxyl groups excluding tert-OH is 2. The highest BCUT2D eigenvalue weighted by molar-refractivity contribution is 6.31. The third-order valence-corrected chi connectivity index (χ3v) is 17.9. The third kappa shape index (κ3) is 8.17. The molecule has 3 saturated carbocycles. The van der Waals surface area contributed by atoms with Crippen LogP contribution in [0.1, 0.15) is 138 Å². The lowest BCUT2D eigenvalue weighted by Crippen LogP contribution is -2.75. The average molecular weight is 1090 g/mol. The minimum Gasteiger partial charge on any atom is -0.482 e. The number of rotatable bonds is 12. The molecule has 1 spiro atoms. The Bertz CT molecular complexity index is 3370. The van der Waals surface area contributed by atoms with E-state index in [1.807, 2.05) is 65.0 Å². The monoisotopic (exact) mass is 1090 g/mol. The number of aliphatic imine (C=N–C) groups is 1. The van der Waals surface area contributed by atoms with Crippen LogP contribution in [0.3, 0.4) is 0 Å². The summed E-state index contributed by atoms with van der Waals surface area (Å²) in [5.41, 5.74) is 1.76. The Balaban J connectivity index is 1.05. The zero-order chi connectivity index (χ0) is 56.7. The van der Waals surface area contributed by atoms with Crippen molar-refractivity contribution in [3.63, 3.8) is 0 Å². The molecule has 0 radical (unpaired) electrons. The Labute approximate surface area is 465 Å². The zero-order valence-electron chi connectivity index (χ0n) is 47.1. The van der Waals surface area contributed by atoms with E-state index in [2.05, 4.69) is 26.0 Å². The molecule has 3 aromatic carbocycles. The number of Topliss-reactive ketones (excluding diaryl/α,β-unsaturated/α-hetero) is 2. The average Bonchev–Trinajstić information content (AvgIpc) is 1.95. The van der Waals surface area contributed by atoms with Gasteiger partial charge in [0.15, 0.2) is 34.3 Å². The van der Waals surface area contributed by atoms with Gasteiger partial charge in [0.05, 0.1) is 53.3 Å². The molecule has 10 aliphatic rings. The molecule has 12 atom stereocenters. The number of benzene rings is 3. The minimum atomic E-state index is -1.72. The first-order valence-corrected chi connectivity index (χ1v) is 27.8. The molecule has 0 aromatic heterocycles. The first kappa shape index (κ1) is 54.1. The van der Waals surface area contributed by atoms with Crippen LogP contribution in [-0.2, 0) is 39.7 Å². The normalized spacial score (nSPS) is 33.1. The van der Waals surface area contributed by atoms with Crippen molar-refractivity contribution < 1.29 is 72.0 Å². The summed E-state index contributed by atoms with van der Waals surface area (Å²) in [6, 6.07) is 13.5. The molecule has 3 saturated heterocycles. The molecule has 6 fully saturated rings. The van der Waals surface area contributed by atoms with Gasteiger partial charge >= 0.3 is 11.9 Å². The number of methoxy groups -OCH3 is 1. The molecule has 16 heteroatoms. The molecule has 2 N–H and O–H groups in total. The van der Waals surface area contributed by atoms with Gasteiger partial charge in [-0.2, -0.15) is 0 Å². The van der Waals surface area contributed by atoms with Crippen LogP contribution in [0, 0.1) is 23.7 Å². The van der Waals surface area contributed by atoms with Gasteiger partial charge in [0, 0.05) is 52.0 Å². The Hall–Kier alpha value is -6.53. The maximum Gasteiger partial charge on any atom is 0.343 e. The number of hydrogen-bond donors (Lipinski definition) is 2. The maximum atomic E-state index is 16.0. The smallest absolute Gasteiger partial charge is 0.343 e. The number of allylic oxidation sites excluding steroid dienone is 4. The first-order valence-electron chi connectivity index (χ1n) is 27.8. The van der Waals surface area contributed by atoms with Crippen molar-refractivity contribution in [2.45, 2.75) is 160 Å². The Morgan fingerprint density at radius 1 is 0.875 bits per heavy atom. The van der Waals surface area contributed by atoms with Gasteiger partial charge in [-0.25, -0.2) is 9.59 Å². The second kappa shape index (κ2) is 19.0. The Kier molecular flexibility index (Phi) is 12.9. The summed E-state index contributed by atoms with van der Waals surface area (Å²) in [6.07, 6.45) is 6.16. The second-order valence-corrected chi connectivity index (χ2v) is 24.5. The Morgan fingerprint density at radius 2 is 1.60 bits per heavy atom. The number of esters is 2. The van der Waals surface area contributed by atoms with Gasteiger partial charge in [0.2, 0.25) is 6.29 Å². The molecular formula is C64H69NO15. The van der Waals surface area contributed by atoms with E-state index in [1.54, 1.807) is 45.0 Å².